The van der Waals surface area contributed by atoms with Crippen molar-refractivity contribution in [3.63, 3.8) is 0 Å². The summed E-state index contributed by atoms with van der Waals surface area (Å²) in [6.07, 6.45) is 6.02. The number of piperidine rings is 1. The van der Waals surface area contributed by atoms with Crippen LogP contribution in [-0.2, 0) is 0 Å². The summed E-state index contributed by atoms with van der Waals surface area (Å²) in [5, 5.41) is 3.59. The zero-order valence-electron chi connectivity index (χ0n) is 9.14. The van der Waals surface area contributed by atoms with Crippen LogP contribution in [0.2, 0.25) is 0 Å². The maximum atomic E-state index is 13.2. The van der Waals surface area contributed by atoms with E-state index in [0.29, 0.717) is 12.0 Å². The van der Waals surface area contributed by atoms with Crippen molar-refractivity contribution in [3.8, 4) is 0 Å². The van der Waals surface area contributed by atoms with E-state index in [2.05, 4.69) is 12.2 Å². The van der Waals surface area contributed by atoms with E-state index in [1.165, 1.54) is 19.3 Å². The quantitative estimate of drug-likeness (QED) is 0.684. The van der Waals surface area contributed by atoms with Gasteiger partial charge in [-0.15, -0.1) is 0 Å². The number of hydrogen-bond donors (Lipinski definition) is 1. The highest BCUT2D eigenvalue weighted by Gasteiger charge is 2.30. The molecular formula is C12H22FN. The van der Waals surface area contributed by atoms with Gasteiger partial charge in [-0.25, -0.2) is 4.39 Å². The first kappa shape index (κ1) is 10.4. The molecule has 2 fully saturated rings. The Kier molecular flexibility index (Phi) is 3.42. The van der Waals surface area contributed by atoms with E-state index in [9.17, 15) is 4.39 Å². The van der Waals surface area contributed by atoms with Crippen molar-refractivity contribution >= 4 is 0 Å². The summed E-state index contributed by atoms with van der Waals surface area (Å²) >= 11 is 0. The summed E-state index contributed by atoms with van der Waals surface area (Å²) in [5.41, 5.74) is 0. The maximum absolute atomic E-state index is 13.2. The molecule has 0 amide bonds. The second kappa shape index (κ2) is 4.61. The standard InChI is InChI=1S/C12H22FN/c1-9-5-6-12(14-8-9)10-3-2-4-11(13)7-10/h9-12,14H,2-8H2,1H3. The molecule has 4 unspecified atom stereocenters. The third-order valence-corrected chi connectivity index (χ3v) is 3.92. The van der Waals surface area contributed by atoms with E-state index in [1.807, 2.05) is 0 Å². The van der Waals surface area contributed by atoms with E-state index in [0.717, 1.165) is 31.7 Å². The first-order valence-corrected chi connectivity index (χ1v) is 6.13. The lowest BCUT2D eigenvalue weighted by atomic mass is 9.79. The van der Waals surface area contributed by atoms with Gasteiger partial charge in [-0.05, 0) is 50.5 Å². The largest absolute Gasteiger partial charge is 0.313 e. The van der Waals surface area contributed by atoms with E-state index >= 15 is 0 Å². The highest BCUT2D eigenvalue weighted by molar-refractivity contribution is 4.85. The normalized spacial score (nSPS) is 45.0. The fraction of sp³-hybridized carbons (Fsp3) is 1.00. The van der Waals surface area contributed by atoms with E-state index in [4.69, 9.17) is 0 Å². The summed E-state index contributed by atoms with van der Waals surface area (Å²) < 4.78 is 13.2. The third kappa shape index (κ3) is 2.47. The van der Waals surface area contributed by atoms with Gasteiger partial charge in [0.05, 0.1) is 0 Å². The molecule has 1 saturated heterocycles. The van der Waals surface area contributed by atoms with Gasteiger partial charge in [0.2, 0.25) is 0 Å². The van der Waals surface area contributed by atoms with Crippen LogP contribution in [0, 0.1) is 11.8 Å². The van der Waals surface area contributed by atoms with E-state index in [-0.39, 0.29) is 0 Å². The molecule has 0 aromatic heterocycles. The highest BCUT2D eigenvalue weighted by atomic mass is 19.1. The van der Waals surface area contributed by atoms with Gasteiger partial charge in [-0.3, -0.25) is 0 Å². The maximum Gasteiger partial charge on any atom is 0.100 e. The fourth-order valence-corrected chi connectivity index (χ4v) is 2.95. The number of halogens is 1. The summed E-state index contributed by atoms with van der Waals surface area (Å²) in [6.45, 7) is 3.43. The molecule has 0 aromatic carbocycles. The van der Waals surface area contributed by atoms with Crippen molar-refractivity contribution in [1.29, 1.82) is 0 Å². The molecule has 0 bridgehead atoms. The number of rotatable bonds is 1. The Hall–Kier alpha value is -0.110. The molecule has 1 aliphatic heterocycles. The fourth-order valence-electron chi connectivity index (χ4n) is 2.95. The zero-order valence-corrected chi connectivity index (χ0v) is 9.14. The van der Waals surface area contributed by atoms with E-state index in [1.54, 1.807) is 0 Å². The molecule has 0 spiro atoms. The SMILES string of the molecule is CC1CCC(C2CCCC(F)C2)NC1. The van der Waals surface area contributed by atoms with Crippen molar-refractivity contribution < 1.29 is 4.39 Å². The van der Waals surface area contributed by atoms with Gasteiger partial charge in [-0.2, -0.15) is 0 Å². The van der Waals surface area contributed by atoms with Gasteiger partial charge in [-0.1, -0.05) is 13.3 Å². The van der Waals surface area contributed by atoms with Crippen molar-refractivity contribution in [2.24, 2.45) is 11.8 Å². The zero-order chi connectivity index (χ0) is 9.97. The van der Waals surface area contributed by atoms with Crippen LogP contribution in [0.4, 0.5) is 4.39 Å². The van der Waals surface area contributed by atoms with Crippen LogP contribution in [0.25, 0.3) is 0 Å². The third-order valence-electron chi connectivity index (χ3n) is 3.92. The Balaban J connectivity index is 1.82. The Morgan fingerprint density at radius 2 is 2.00 bits per heavy atom. The summed E-state index contributed by atoms with van der Waals surface area (Å²) in [4.78, 5) is 0. The minimum absolute atomic E-state index is 0.519. The van der Waals surface area contributed by atoms with Gasteiger partial charge < -0.3 is 5.32 Å². The van der Waals surface area contributed by atoms with Crippen LogP contribution < -0.4 is 5.32 Å². The molecule has 4 atom stereocenters. The van der Waals surface area contributed by atoms with Crippen LogP contribution in [0.15, 0.2) is 0 Å². The molecule has 1 heterocycles. The van der Waals surface area contributed by atoms with Crippen molar-refractivity contribution in [2.75, 3.05) is 6.54 Å². The second-order valence-electron chi connectivity index (χ2n) is 5.22. The van der Waals surface area contributed by atoms with Gasteiger partial charge >= 0.3 is 0 Å². The lowest BCUT2D eigenvalue weighted by Crippen LogP contribution is -2.44. The smallest absolute Gasteiger partial charge is 0.100 e. The summed E-state index contributed by atoms with van der Waals surface area (Å²) in [7, 11) is 0. The Morgan fingerprint density at radius 1 is 1.14 bits per heavy atom. The van der Waals surface area contributed by atoms with Crippen molar-refractivity contribution in [3.05, 3.63) is 0 Å². The molecule has 1 saturated carbocycles. The van der Waals surface area contributed by atoms with Gasteiger partial charge in [0, 0.05) is 6.04 Å². The first-order chi connectivity index (χ1) is 6.75. The minimum atomic E-state index is -0.519. The van der Waals surface area contributed by atoms with E-state index < -0.39 is 6.17 Å². The minimum Gasteiger partial charge on any atom is -0.313 e. The van der Waals surface area contributed by atoms with Gasteiger partial charge in [0.15, 0.2) is 0 Å². The lowest BCUT2D eigenvalue weighted by Gasteiger charge is -2.36. The van der Waals surface area contributed by atoms with Gasteiger partial charge in [0.25, 0.3) is 0 Å². The van der Waals surface area contributed by atoms with Crippen LogP contribution in [-0.4, -0.2) is 18.8 Å². The average molecular weight is 199 g/mol. The molecule has 1 nitrogen and oxygen atoms in total. The number of hydrogen-bond acceptors (Lipinski definition) is 1. The molecule has 2 heteroatoms. The Labute approximate surface area is 86.5 Å². The Morgan fingerprint density at radius 3 is 2.64 bits per heavy atom. The molecule has 1 N–H and O–H groups in total. The topological polar surface area (TPSA) is 12.0 Å². The molecule has 2 rings (SSSR count). The first-order valence-electron chi connectivity index (χ1n) is 6.13. The number of nitrogens with one attached hydrogen (secondary N) is 1. The Bertz CT molecular complexity index is 175. The predicted octanol–water partition coefficient (Wildman–Crippen LogP) is 2.90. The van der Waals surface area contributed by atoms with Crippen LogP contribution in [0.3, 0.4) is 0 Å². The van der Waals surface area contributed by atoms with Crippen LogP contribution in [0.5, 0.6) is 0 Å². The monoisotopic (exact) mass is 199 g/mol. The number of alkyl halides is 1. The van der Waals surface area contributed by atoms with Crippen LogP contribution >= 0.6 is 0 Å². The molecule has 0 aromatic rings. The summed E-state index contributed by atoms with van der Waals surface area (Å²) in [5.74, 6) is 1.43. The highest BCUT2D eigenvalue weighted by Crippen LogP contribution is 2.32. The molecule has 82 valence electrons. The second-order valence-corrected chi connectivity index (χ2v) is 5.22. The van der Waals surface area contributed by atoms with Crippen molar-refractivity contribution in [2.45, 2.75) is 57.7 Å². The summed E-state index contributed by atoms with van der Waals surface area (Å²) in [6, 6.07) is 0.616. The average Bonchev–Trinajstić information content (AvgIpc) is 2.19. The predicted molar refractivity (Wildman–Crippen MR) is 57.0 cm³/mol. The molecule has 0 radical (unpaired) electrons. The molecule has 14 heavy (non-hydrogen) atoms. The molecule has 2 aliphatic rings. The van der Waals surface area contributed by atoms with Crippen LogP contribution in [0.1, 0.15) is 45.4 Å². The lowest BCUT2D eigenvalue weighted by molar-refractivity contribution is 0.146. The van der Waals surface area contributed by atoms with Gasteiger partial charge in [0.1, 0.15) is 6.17 Å². The molecular weight excluding hydrogens is 177 g/mol. The molecule has 1 aliphatic carbocycles. The van der Waals surface area contributed by atoms with Crippen molar-refractivity contribution in [1.82, 2.24) is 5.32 Å².